The van der Waals surface area contributed by atoms with E-state index in [1.165, 1.54) is 6.07 Å². The Morgan fingerprint density at radius 1 is 1.20 bits per heavy atom. The molecule has 2 nitrogen and oxygen atoms in total. The maximum absolute atomic E-state index is 13.4. The van der Waals surface area contributed by atoms with Gasteiger partial charge in [0.25, 0.3) is 0 Å². The summed E-state index contributed by atoms with van der Waals surface area (Å²) >= 11 is 3.11. The third-order valence-electron chi connectivity index (χ3n) is 3.05. The summed E-state index contributed by atoms with van der Waals surface area (Å²) < 4.78 is 18.7. The molecule has 0 saturated heterocycles. The second-order valence-electron chi connectivity index (χ2n) is 4.37. The normalized spacial score (nSPS) is 10.3. The van der Waals surface area contributed by atoms with Crippen LogP contribution in [0.25, 0.3) is 0 Å². The van der Waals surface area contributed by atoms with Crippen LogP contribution in [0.2, 0.25) is 0 Å². The van der Waals surface area contributed by atoms with Crippen molar-refractivity contribution < 1.29 is 13.9 Å². The molecule has 2 aromatic carbocycles. The molecule has 0 spiro atoms. The number of ether oxygens (including phenoxy) is 1. The molecule has 0 aliphatic heterocycles. The largest absolute Gasteiger partial charge is 0.497 e. The predicted octanol–water partition coefficient (Wildman–Crippen LogP) is 4.41. The fourth-order valence-electron chi connectivity index (χ4n) is 1.90. The second-order valence-corrected chi connectivity index (χ2v) is 5.17. The Bertz CT molecular complexity index is 608. The Labute approximate surface area is 125 Å². The van der Waals surface area contributed by atoms with Gasteiger partial charge in [-0.3, -0.25) is 4.79 Å². The molecule has 0 saturated carbocycles. The molecule has 0 radical (unpaired) electrons. The molecule has 2 aromatic rings. The Balaban J connectivity index is 2.02. The first-order valence-corrected chi connectivity index (χ1v) is 7.01. The van der Waals surface area contributed by atoms with Crippen molar-refractivity contribution >= 4 is 21.7 Å². The number of aryl methyl sites for hydroxylation is 1. The molecule has 4 heteroatoms. The van der Waals surface area contributed by atoms with Crippen LogP contribution in [0.15, 0.2) is 46.9 Å². The van der Waals surface area contributed by atoms with Crippen LogP contribution >= 0.6 is 15.9 Å². The van der Waals surface area contributed by atoms with Gasteiger partial charge in [-0.1, -0.05) is 24.3 Å². The Hall–Kier alpha value is -1.68. The molecule has 0 atom stereocenters. The fourth-order valence-corrected chi connectivity index (χ4v) is 2.39. The number of halogens is 2. The van der Waals surface area contributed by atoms with E-state index in [1.54, 1.807) is 19.2 Å². The molecule has 0 aliphatic rings. The summed E-state index contributed by atoms with van der Waals surface area (Å²) in [4.78, 5) is 12.1. The topological polar surface area (TPSA) is 26.3 Å². The highest BCUT2D eigenvalue weighted by molar-refractivity contribution is 9.10. The highest BCUT2D eigenvalue weighted by atomic mass is 79.9. The van der Waals surface area contributed by atoms with Gasteiger partial charge in [0.15, 0.2) is 5.78 Å². The van der Waals surface area contributed by atoms with Gasteiger partial charge in [-0.25, -0.2) is 4.39 Å². The number of rotatable bonds is 5. The minimum atomic E-state index is -0.416. The van der Waals surface area contributed by atoms with Crippen LogP contribution in [0, 0.1) is 5.82 Å². The number of methoxy groups -OCH3 is 1. The van der Waals surface area contributed by atoms with Crippen LogP contribution in [-0.4, -0.2) is 12.9 Å². The monoisotopic (exact) mass is 336 g/mol. The Morgan fingerprint density at radius 2 is 1.90 bits per heavy atom. The zero-order valence-corrected chi connectivity index (χ0v) is 12.6. The molecule has 20 heavy (non-hydrogen) atoms. The summed E-state index contributed by atoms with van der Waals surface area (Å²) in [5, 5.41) is 0. The van der Waals surface area contributed by atoms with Crippen LogP contribution in [0.4, 0.5) is 4.39 Å². The van der Waals surface area contributed by atoms with Crippen molar-refractivity contribution in [1.29, 1.82) is 0 Å². The molecular formula is C16H14BrFO2. The highest BCUT2D eigenvalue weighted by Gasteiger charge is 2.12. The molecule has 0 fully saturated rings. The zero-order valence-electron chi connectivity index (χ0n) is 11.0. The van der Waals surface area contributed by atoms with Crippen LogP contribution in [0.5, 0.6) is 5.75 Å². The van der Waals surface area contributed by atoms with Crippen molar-refractivity contribution in [2.75, 3.05) is 7.11 Å². The van der Waals surface area contributed by atoms with Gasteiger partial charge in [0.1, 0.15) is 11.6 Å². The lowest BCUT2D eigenvalue weighted by atomic mass is 10.0. The maximum Gasteiger partial charge on any atom is 0.164 e. The first kappa shape index (κ1) is 14.7. The van der Waals surface area contributed by atoms with Crippen molar-refractivity contribution in [1.82, 2.24) is 0 Å². The number of Topliss-reactive ketones (excluding diaryl/α,β-unsaturated/α-hetero) is 1. The highest BCUT2D eigenvalue weighted by Crippen LogP contribution is 2.22. The van der Waals surface area contributed by atoms with Crippen molar-refractivity contribution in [3.05, 3.63) is 63.9 Å². The SMILES string of the molecule is COc1ccc(CCC(=O)c2cccc(F)c2Br)cc1. The summed E-state index contributed by atoms with van der Waals surface area (Å²) in [6, 6.07) is 12.1. The van der Waals surface area contributed by atoms with Crippen molar-refractivity contribution in [2.24, 2.45) is 0 Å². The van der Waals surface area contributed by atoms with Crippen LogP contribution in [-0.2, 0) is 6.42 Å². The van der Waals surface area contributed by atoms with Gasteiger partial charge in [0.05, 0.1) is 11.6 Å². The lowest BCUT2D eigenvalue weighted by molar-refractivity contribution is 0.0981. The first-order chi connectivity index (χ1) is 9.61. The van der Waals surface area contributed by atoms with Gasteiger partial charge >= 0.3 is 0 Å². The van der Waals surface area contributed by atoms with Gasteiger partial charge in [0.2, 0.25) is 0 Å². The predicted molar refractivity (Wildman–Crippen MR) is 79.7 cm³/mol. The third-order valence-corrected chi connectivity index (χ3v) is 3.86. The smallest absolute Gasteiger partial charge is 0.164 e. The minimum Gasteiger partial charge on any atom is -0.497 e. The number of hydrogen-bond donors (Lipinski definition) is 0. The number of benzene rings is 2. The van der Waals surface area contributed by atoms with Crippen molar-refractivity contribution in [3.8, 4) is 5.75 Å². The van der Waals surface area contributed by atoms with Crippen molar-refractivity contribution in [2.45, 2.75) is 12.8 Å². The van der Waals surface area contributed by atoms with Gasteiger partial charge in [-0.05, 0) is 46.1 Å². The maximum atomic E-state index is 13.4. The van der Waals surface area contributed by atoms with Crippen LogP contribution < -0.4 is 4.74 Å². The summed E-state index contributed by atoms with van der Waals surface area (Å²) in [6.45, 7) is 0. The van der Waals surface area contributed by atoms with Gasteiger partial charge in [-0.2, -0.15) is 0 Å². The van der Waals surface area contributed by atoms with E-state index in [2.05, 4.69) is 15.9 Å². The number of hydrogen-bond acceptors (Lipinski definition) is 2. The molecule has 0 aromatic heterocycles. The summed E-state index contributed by atoms with van der Waals surface area (Å²) in [7, 11) is 1.61. The lowest BCUT2D eigenvalue weighted by Gasteiger charge is -2.05. The number of ketones is 1. The van der Waals surface area contributed by atoms with Crippen molar-refractivity contribution in [3.63, 3.8) is 0 Å². The number of carbonyl (C=O) groups excluding carboxylic acids is 1. The van der Waals surface area contributed by atoms with E-state index < -0.39 is 5.82 Å². The minimum absolute atomic E-state index is 0.0767. The third kappa shape index (κ3) is 3.45. The molecule has 0 unspecified atom stereocenters. The Kier molecular flexibility index (Phi) is 4.90. The first-order valence-electron chi connectivity index (χ1n) is 6.22. The Morgan fingerprint density at radius 3 is 2.55 bits per heavy atom. The van der Waals surface area contributed by atoms with E-state index in [-0.39, 0.29) is 10.3 Å². The van der Waals surface area contributed by atoms with E-state index in [0.29, 0.717) is 18.4 Å². The van der Waals surface area contributed by atoms with Gasteiger partial charge in [0, 0.05) is 12.0 Å². The van der Waals surface area contributed by atoms with E-state index in [9.17, 15) is 9.18 Å². The summed E-state index contributed by atoms with van der Waals surface area (Å²) in [6.07, 6.45) is 0.958. The van der Waals surface area contributed by atoms with E-state index in [1.807, 2.05) is 24.3 Å². The van der Waals surface area contributed by atoms with E-state index in [4.69, 9.17) is 4.74 Å². The lowest BCUT2D eigenvalue weighted by Crippen LogP contribution is -2.03. The molecule has 0 N–H and O–H groups in total. The number of carbonyl (C=O) groups is 1. The quantitative estimate of drug-likeness (QED) is 0.756. The second kappa shape index (κ2) is 6.66. The molecule has 0 amide bonds. The van der Waals surface area contributed by atoms with Crippen LogP contribution in [0.1, 0.15) is 22.3 Å². The molecule has 0 heterocycles. The van der Waals surface area contributed by atoms with E-state index in [0.717, 1.165) is 11.3 Å². The van der Waals surface area contributed by atoms with Gasteiger partial charge < -0.3 is 4.74 Å². The zero-order chi connectivity index (χ0) is 14.5. The molecule has 0 aliphatic carbocycles. The molecule has 0 bridgehead atoms. The molecular weight excluding hydrogens is 323 g/mol. The van der Waals surface area contributed by atoms with Gasteiger partial charge in [-0.15, -0.1) is 0 Å². The summed E-state index contributed by atoms with van der Waals surface area (Å²) in [5.41, 5.74) is 1.44. The summed E-state index contributed by atoms with van der Waals surface area (Å²) in [5.74, 6) is 0.292. The average Bonchev–Trinajstić information content (AvgIpc) is 2.48. The standard InChI is InChI=1S/C16H14BrFO2/c1-20-12-8-5-11(6-9-12)7-10-15(19)13-3-2-4-14(18)16(13)17/h2-6,8-9H,7,10H2,1H3. The molecule has 104 valence electrons. The average molecular weight is 337 g/mol. The van der Waals surface area contributed by atoms with E-state index >= 15 is 0 Å². The fraction of sp³-hybridized carbons (Fsp3) is 0.188. The molecule has 2 rings (SSSR count). The van der Waals surface area contributed by atoms with Crippen LogP contribution in [0.3, 0.4) is 0 Å².